The number of unbranched alkanes of at least 4 members (excludes halogenated alkanes) is 6. The fraction of sp³-hybridized carbons (Fsp3) is 0.564. The van der Waals surface area contributed by atoms with Gasteiger partial charge in [-0.05, 0) is 119 Å². The number of Topliss-reactive ketones (excluding diaryl/α,β-unsaturated/α-hetero) is 1. The highest BCUT2D eigenvalue weighted by molar-refractivity contribution is 5.86. The molecule has 1 aliphatic heterocycles. The fourth-order valence-corrected chi connectivity index (χ4v) is 9.91. The number of halogens is 1. The van der Waals surface area contributed by atoms with Gasteiger partial charge in [0, 0.05) is 57.0 Å². The van der Waals surface area contributed by atoms with Crippen molar-refractivity contribution in [3.05, 3.63) is 66.1 Å². The lowest BCUT2D eigenvalue weighted by Crippen LogP contribution is -2.27. The molecule has 1 atom stereocenters. The number of benzene rings is 2. The summed E-state index contributed by atoms with van der Waals surface area (Å²) in [5.41, 5.74) is 9.47. The molecule has 0 radical (unpaired) electrons. The summed E-state index contributed by atoms with van der Waals surface area (Å²) in [6.45, 7) is 2.03. The number of imidazole rings is 2. The van der Waals surface area contributed by atoms with Gasteiger partial charge in [0.25, 0.3) is 0 Å². The topological polar surface area (TPSA) is 273 Å². The number of nitroso groups, excluding NO2 is 1. The minimum absolute atomic E-state index is 0. The highest BCUT2D eigenvalue weighted by atomic mass is 35.5. The number of carbonyl (C=O) groups is 2. The van der Waals surface area contributed by atoms with Crippen LogP contribution in [0, 0.1) is 10.5 Å². The monoisotopic (exact) mass is 1080 g/mol. The van der Waals surface area contributed by atoms with Gasteiger partial charge in [0.2, 0.25) is 11.9 Å². The van der Waals surface area contributed by atoms with Gasteiger partial charge in [-0.3, -0.25) is 9.59 Å². The quantitative estimate of drug-likeness (QED) is 0.0177. The number of fused-ring (bicyclic) bond motifs is 2. The van der Waals surface area contributed by atoms with Gasteiger partial charge in [0.15, 0.2) is 28.7 Å². The van der Waals surface area contributed by atoms with Gasteiger partial charge in [-0.2, -0.15) is 30.7 Å². The second kappa shape index (κ2) is 32.1. The zero-order valence-corrected chi connectivity index (χ0v) is 45.6. The predicted octanol–water partition coefficient (Wildman–Crippen LogP) is 11.7. The first kappa shape index (κ1) is 59.5. The zero-order chi connectivity index (χ0) is 53.3. The highest BCUT2D eigenvalue weighted by Gasteiger charge is 2.22. The van der Waals surface area contributed by atoms with Gasteiger partial charge in [-0.15, -0.1) is 12.4 Å². The van der Waals surface area contributed by atoms with Crippen molar-refractivity contribution in [3.63, 3.8) is 0 Å². The van der Waals surface area contributed by atoms with E-state index in [0.717, 1.165) is 136 Å². The maximum Gasteiger partial charge on any atom is 0.324 e. The molecule has 5 heterocycles. The average molecular weight is 1080 g/mol. The third kappa shape index (κ3) is 18.8. The van der Waals surface area contributed by atoms with Crippen LogP contribution in [0.15, 0.2) is 61.2 Å². The summed E-state index contributed by atoms with van der Waals surface area (Å²) < 4.78 is 21.3. The first-order valence-electron chi connectivity index (χ1n) is 27.4. The fourth-order valence-electron chi connectivity index (χ4n) is 9.91. The van der Waals surface area contributed by atoms with E-state index < -0.39 is 0 Å². The minimum Gasteiger partial charge on any atom is -0.494 e. The number of aryl methyl sites for hydroxylation is 2. The number of nitrogens with zero attached hydrogens (tertiary/aromatic N) is 8. The van der Waals surface area contributed by atoms with Crippen LogP contribution in [0.25, 0.3) is 22.3 Å². The van der Waals surface area contributed by atoms with E-state index in [1.165, 1.54) is 51.4 Å². The third-order valence-corrected chi connectivity index (χ3v) is 14.1. The van der Waals surface area contributed by atoms with Crippen molar-refractivity contribution in [1.82, 2.24) is 39.0 Å². The molecule has 21 nitrogen and oxygen atoms in total. The van der Waals surface area contributed by atoms with E-state index in [0.29, 0.717) is 61.3 Å². The standard InChI is InChI=1S/C30H42N6O3.C25H35N7O3.ClH.HNO/c1-36-21-31-28-27(36)29(32-22-11-5-4-6-12-22)35-30(34-28)33-23-15-17-24(18-16-23)38-19-9-3-2-7-13-25(37)26-14-8-10-20-39-26;1-32-17-27-23-22(32)24(28-18-9-5-4-6-10-18)31-25(30-23)29-19-12-14-20(15-13-19)34-16-8-3-2-7-11-21(33)35-26;;1-2/h15-18,21-22,26H,2-14,19-20H2,1H3,(H2,32,33,34,35);12-15,17-18H,2-11,16,26H2,1H3,(H2,28,29,30,31);1H;1H. The van der Waals surface area contributed by atoms with Crippen LogP contribution in [0.4, 0.5) is 34.9 Å². The van der Waals surface area contributed by atoms with Gasteiger partial charge < -0.3 is 49.4 Å². The van der Waals surface area contributed by atoms with Gasteiger partial charge in [-0.25, -0.2) is 9.97 Å². The summed E-state index contributed by atoms with van der Waals surface area (Å²) >= 11 is 0. The molecule has 2 aromatic carbocycles. The molecule has 77 heavy (non-hydrogen) atoms. The molecule has 1 saturated heterocycles. The molecule has 4 aromatic heterocycles. The van der Waals surface area contributed by atoms with Crippen LogP contribution in [0.1, 0.15) is 148 Å². The second-order valence-electron chi connectivity index (χ2n) is 19.9. The molecule has 0 spiro atoms. The molecular formula is C55H79ClN14O7. The smallest absolute Gasteiger partial charge is 0.324 e. The predicted molar refractivity (Wildman–Crippen MR) is 302 cm³/mol. The van der Waals surface area contributed by atoms with Crippen molar-refractivity contribution in [3.8, 4) is 11.5 Å². The molecule has 0 amide bonds. The van der Waals surface area contributed by atoms with Gasteiger partial charge in [0.05, 0.1) is 25.9 Å². The van der Waals surface area contributed by atoms with E-state index in [2.05, 4.69) is 51.6 Å². The van der Waals surface area contributed by atoms with E-state index >= 15 is 0 Å². The highest BCUT2D eigenvalue weighted by Crippen LogP contribution is 2.30. The Bertz CT molecular complexity index is 2690. The van der Waals surface area contributed by atoms with Crippen molar-refractivity contribution in [2.45, 2.75) is 166 Å². The van der Waals surface area contributed by atoms with Crippen LogP contribution in [0.3, 0.4) is 0 Å². The minimum atomic E-state index is -0.364. The SMILES string of the molecule is Cl.Cn1cnc2nc(Nc3ccc(OCCCCCCC(=O)C4CCCCO4)cc3)nc(NC3CCCCC3)c21.Cn1cnc2nc(Nc3ccc(OCCCCCCC(=O)ON)cc3)nc(NC3CCCCC3)c21.N=O. The van der Waals surface area contributed by atoms with E-state index in [1.807, 2.05) is 71.8 Å². The van der Waals surface area contributed by atoms with Crippen LogP contribution >= 0.6 is 12.4 Å². The number of ketones is 1. The largest absolute Gasteiger partial charge is 0.494 e. The molecule has 418 valence electrons. The van der Waals surface area contributed by atoms with E-state index in [4.69, 9.17) is 35.0 Å². The zero-order valence-electron chi connectivity index (χ0n) is 44.8. The Hall–Kier alpha value is -6.71. The Labute approximate surface area is 457 Å². The van der Waals surface area contributed by atoms with Crippen LogP contribution in [-0.2, 0) is 33.3 Å². The summed E-state index contributed by atoms with van der Waals surface area (Å²) in [7, 11) is 3.94. The maximum atomic E-state index is 12.2. The van der Waals surface area contributed by atoms with Crippen molar-refractivity contribution in [2.75, 3.05) is 41.1 Å². The Balaban J connectivity index is 0.000000240. The summed E-state index contributed by atoms with van der Waals surface area (Å²) in [4.78, 5) is 62.6. The Morgan fingerprint density at radius 3 is 1.48 bits per heavy atom. The lowest BCUT2D eigenvalue weighted by atomic mass is 9.95. The van der Waals surface area contributed by atoms with Gasteiger partial charge in [-0.1, -0.05) is 69.8 Å². The second-order valence-corrected chi connectivity index (χ2v) is 19.9. The molecule has 3 fully saturated rings. The van der Waals surface area contributed by atoms with Gasteiger partial charge >= 0.3 is 5.97 Å². The van der Waals surface area contributed by atoms with Gasteiger partial charge in [0.1, 0.15) is 28.6 Å². The summed E-state index contributed by atoms with van der Waals surface area (Å²) in [5, 5.41) is 13.9. The van der Waals surface area contributed by atoms with E-state index in [9.17, 15) is 9.59 Å². The number of aromatic nitrogens is 8. The van der Waals surface area contributed by atoms with E-state index in [-0.39, 0.29) is 30.3 Å². The molecule has 1 unspecified atom stereocenters. The number of nitrogens with one attached hydrogen (secondary N) is 5. The molecule has 6 aromatic rings. The Morgan fingerprint density at radius 1 is 0.597 bits per heavy atom. The molecule has 7 N–H and O–H groups in total. The third-order valence-electron chi connectivity index (χ3n) is 14.1. The van der Waals surface area contributed by atoms with Crippen molar-refractivity contribution >= 4 is 81.4 Å². The first-order chi connectivity index (χ1) is 37.3. The maximum absolute atomic E-state index is 12.2. The molecule has 22 heteroatoms. The van der Waals surface area contributed by atoms with Crippen LogP contribution in [0.2, 0.25) is 0 Å². The lowest BCUT2D eigenvalue weighted by molar-refractivity contribution is -0.144. The first-order valence-corrected chi connectivity index (χ1v) is 27.4. The molecule has 9 rings (SSSR count). The van der Waals surface area contributed by atoms with Crippen molar-refractivity contribution in [2.24, 2.45) is 20.0 Å². The Kier molecular flexibility index (Phi) is 24.8. The number of ether oxygens (including phenoxy) is 3. The number of nitrogens with two attached hydrogens (primary N) is 1. The molecule has 2 saturated carbocycles. The summed E-state index contributed by atoms with van der Waals surface area (Å²) in [6, 6.07) is 16.5. The van der Waals surface area contributed by atoms with Crippen molar-refractivity contribution < 1.29 is 28.6 Å². The number of carbonyl (C=O) groups excluding carboxylic acids is 2. The van der Waals surface area contributed by atoms with Crippen LogP contribution in [0.5, 0.6) is 11.5 Å². The number of hydrogen-bond donors (Lipinski definition) is 6. The number of anilines is 6. The lowest BCUT2D eigenvalue weighted by Gasteiger charge is -2.23. The number of hydrogen-bond acceptors (Lipinski definition) is 19. The average Bonchev–Trinajstić information content (AvgIpc) is 4.04. The van der Waals surface area contributed by atoms with Crippen LogP contribution < -0.4 is 36.6 Å². The molecular weight excluding hydrogens is 1000 g/mol. The van der Waals surface area contributed by atoms with E-state index in [1.54, 1.807) is 12.7 Å². The molecule has 0 bridgehead atoms. The molecule has 3 aliphatic rings. The normalized spacial score (nSPS) is 15.7. The van der Waals surface area contributed by atoms with Crippen LogP contribution in [-0.4, -0.2) is 88.8 Å². The Morgan fingerprint density at radius 2 is 1.04 bits per heavy atom. The summed E-state index contributed by atoms with van der Waals surface area (Å²) in [6.07, 6.45) is 27.4. The summed E-state index contributed by atoms with van der Waals surface area (Å²) in [5.74, 6) is 9.09. The number of rotatable bonds is 25. The van der Waals surface area contributed by atoms with Crippen molar-refractivity contribution in [1.29, 1.82) is 5.59 Å². The molecule has 2 aliphatic carbocycles.